The lowest BCUT2D eigenvalue weighted by Gasteiger charge is -2.51. The van der Waals surface area contributed by atoms with Crippen molar-refractivity contribution in [3.8, 4) is 0 Å². The van der Waals surface area contributed by atoms with Crippen LogP contribution in [0.4, 0.5) is 26.3 Å². The van der Waals surface area contributed by atoms with Crippen LogP contribution >= 0.6 is 0 Å². The molecule has 0 aromatic carbocycles. The van der Waals surface area contributed by atoms with Gasteiger partial charge in [-0.05, 0) is 117 Å². The molecule has 4 saturated carbocycles. The second kappa shape index (κ2) is 24.2. The van der Waals surface area contributed by atoms with Crippen molar-refractivity contribution in [2.45, 2.75) is 355 Å². The summed E-state index contributed by atoms with van der Waals surface area (Å²) in [5, 5.41) is -3.52. The average Bonchev–Trinajstić information content (AvgIpc) is 1.44. The summed E-state index contributed by atoms with van der Waals surface area (Å²) in [7, 11) is -28.5. The van der Waals surface area contributed by atoms with Gasteiger partial charge in [-0.15, -0.1) is 0 Å². The molecule has 20 saturated heterocycles. The predicted molar refractivity (Wildman–Crippen MR) is 382 cm³/mol. The molecule has 24 aliphatic rings. The Balaban J connectivity index is 0.0000000945. The van der Waals surface area contributed by atoms with Crippen molar-refractivity contribution in [1.82, 2.24) is 0 Å². The molecule has 39 unspecified atom stereocenters. The molecule has 24 fully saturated rings. The summed E-state index contributed by atoms with van der Waals surface area (Å²) < 4.78 is 339. The Morgan fingerprint density at radius 3 is 1.45 bits per heavy atom. The van der Waals surface area contributed by atoms with Crippen LogP contribution in [0.25, 0.3) is 0 Å². The summed E-state index contributed by atoms with van der Waals surface area (Å²) in [6.07, 6.45) is -8.36. The van der Waals surface area contributed by atoms with Crippen LogP contribution in [0.2, 0.25) is 0 Å². The number of hydrogen-bond donors (Lipinski definition) is 0. The highest BCUT2D eigenvalue weighted by molar-refractivity contribution is 7.89. The molecule has 16 bridgehead atoms. The molecular formula is C70H102F6O30S8. The third-order valence-corrected chi connectivity index (χ3v) is 48.6. The molecule has 0 aromatic rings. The van der Waals surface area contributed by atoms with Crippen LogP contribution in [-0.2, 0) is 143 Å². The summed E-state index contributed by atoms with van der Waals surface area (Å²) in [5.41, 5.74) is -8.14. The maximum Gasteiger partial charge on any atom is 0.410 e. The van der Waals surface area contributed by atoms with Gasteiger partial charge in [0, 0.05) is 51.8 Å². The highest BCUT2D eigenvalue weighted by atomic mass is 32.3. The van der Waals surface area contributed by atoms with Crippen LogP contribution in [0.3, 0.4) is 0 Å². The summed E-state index contributed by atoms with van der Waals surface area (Å²) in [5.74, 6) is -0.971. The van der Waals surface area contributed by atoms with Crippen LogP contribution < -0.4 is 0 Å². The molecule has 0 spiro atoms. The van der Waals surface area contributed by atoms with E-state index in [4.69, 9.17) is 61.9 Å². The van der Waals surface area contributed by atoms with Gasteiger partial charge in [0.15, 0.2) is 4.75 Å². The van der Waals surface area contributed by atoms with Gasteiger partial charge in [0.25, 0.3) is 80.9 Å². The smallest absolute Gasteiger partial charge is 0.370 e. The number of halogens is 6. The van der Waals surface area contributed by atoms with Crippen molar-refractivity contribution in [3.05, 3.63) is 0 Å². The molecular weight excluding hydrogens is 1690 g/mol. The van der Waals surface area contributed by atoms with Gasteiger partial charge in [0.2, 0.25) is 0 Å². The van der Waals surface area contributed by atoms with Crippen LogP contribution in [0, 0.1) is 74.9 Å². The third-order valence-electron chi connectivity index (χ3n) is 34.2. The quantitative estimate of drug-likeness (QED) is 0.185. The molecule has 0 radical (unpaired) electrons. The van der Waals surface area contributed by atoms with Crippen molar-refractivity contribution in [2.24, 2.45) is 74.9 Å². The summed E-state index contributed by atoms with van der Waals surface area (Å²) in [6, 6.07) is 0. The van der Waals surface area contributed by atoms with E-state index in [0.717, 1.165) is 0 Å². The molecule has 24 rings (SSSR count). The van der Waals surface area contributed by atoms with Crippen molar-refractivity contribution in [3.63, 3.8) is 0 Å². The Labute approximate surface area is 662 Å². The lowest BCUT2D eigenvalue weighted by atomic mass is 9.56. The van der Waals surface area contributed by atoms with E-state index in [2.05, 4.69) is 0 Å². The van der Waals surface area contributed by atoms with Gasteiger partial charge in [-0.2, -0.15) is 93.7 Å². The summed E-state index contributed by atoms with van der Waals surface area (Å²) in [4.78, 5) is 0. The zero-order chi connectivity index (χ0) is 84.1. The van der Waals surface area contributed by atoms with Gasteiger partial charge in [-0.1, -0.05) is 83.1 Å². The average molecular weight is 1790 g/mol. The van der Waals surface area contributed by atoms with Crippen LogP contribution in [0.5, 0.6) is 0 Å². The fourth-order valence-corrected chi connectivity index (χ4v) is 42.3. The first kappa shape index (κ1) is 84.8. The molecule has 652 valence electrons. The lowest BCUT2D eigenvalue weighted by molar-refractivity contribution is -0.276. The van der Waals surface area contributed by atoms with Gasteiger partial charge in [-0.3, -0.25) is 33.5 Å². The van der Waals surface area contributed by atoms with Gasteiger partial charge >= 0.3 is 12.4 Å². The SMILES string of the molecule is CC1(C)C2CC3C(O2)C1OS3(=O)=O.CC1C2(C)C3CC1(C(F)(F)F)C(C)(C)C2(C)OS3(=O)=O.CC1C2CC3C(C)(O2)C1OS3(=O)=O.CC1C2CC3C(O2)C1(C)OS3(=O)=O.CC1C2CC3C(O2)C1OS3(=O)=O.CC1C2CC3C1OS(=O)(=O)C3(C(F)(F)F)C2.CC1C2OS(=O)(=O)C3CC1(C)OC23.CC1C2OS(=O)(=O)C3CC1(C)OC23C. The van der Waals surface area contributed by atoms with E-state index in [1.165, 1.54) is 27.7 Å². The molecule has 0 aromatic heterocycles. The largest absolute Gasteiger partial charge is 0.410 e. The van der Waals surface area contributed by atoms with E-state index in [1.54, 1.807) is 13.8 Å². The fourth-order valence-electron chi connectivity index (χ4n) is 26.5. The van der Waals surface area contributed by atoms with Gasteiger partial charge in [-0.25, -0.2) is 0 Å². The summed E-state index contributed by atoms with van der Waals surface area (Å²) >= 11 is 0. The summed E-state index contributed by atoms with van der Waals surface area (Å²) in [6.45, 7) is 33.0. The van der Waals surface area contributed by atoms with E-state index < -0.39 is 186 Å². The molecule has 44 heteroatoms. The predicted octanol–water partition coefficient (Wildman–Crippen LogP) is 6.49. The Kier molecular flexibility index (Phi) is 18.0. The van der Waals surface area contributed by atoms with Crippen molar-refractivity contribution in [2.75, 3.05) is 0 Å². The minimum Gasteiger partial charge on any atom is -0.370 e. The first-order valence-corrected chi connectivity index (χ1v) is 50.8. The fraction of sp³-hybridized carbons (Fsp3) is 1.00. The van der Waals surface area contributed by atoms with E-state index in [1.807, 2.05) is 83.1 Å². The van der Waals surface area contributed by atoms with E-state index in [0.29, 0.717) is 44.9 Å². The Hall–Kier alpha value is -1.38. The first-order chi connectivity index (χ1) is 51.6. The molecule has 0 N–H and O–H groups in total. The van der Waals surface area contributed by atoms with Crippen LogP contribution in [0.15, 0.2) is 0 Å². The van der Waals surface area contributed by atoms with E-state index >= 15 is 0 Å². The zero-order valence-corrected chi connectivity index (χ0v) is 72.5. The second-order valence-electron chi connectivity index (χ2n) is 39.4. The number of alkyl halides is 6. The zero-order valence-electron chi connectivity index (χ0n) is 66.0. The minimum atomic E-state index is -4.72. The second-order valence-corrected chi connectivity index (χ2v) is 53.6. The Morgan fingerprint density at radius 2 is 0.947 bits per heavy atom. The third kappa shape index (κ3) is 10.5. The standard InChI is InChI=1S/C13H19F3O3S.C9H11F3O3S.C9H14O4S.4C8H12O4S.C7H10O4S/c1-7-10(4)8-6-12(7,13(14,15)16)9(2,3)11(10,5)19-20(8,17)18;1-4-5-2-6-7(4)15-16(13,14)8(6,3-5)9(10,11)12;1-5-7-9(3)6(14(10,11)12-7)4-8(5,2)13-9;1-8(2)5-3-4-6(11-5)7(8)12-13(4,9)10;1-4-6-7-5(13(9,10)12-6)3-8(4,2)11-7;1-4-5-3-6-7(11-5)8(4,2)12-13(6,9)10;1-4-5-3-6-8(2,11-5)7(4)12-13(6,9)10;1-3-4-2-5-7(10-4)6(3)11-12(5,8)9/h7-8H,6H2,1-5H3;4-7H,2-3H2,1H3;5-7H,4H2,1-3H3;4*4-7H,3H2,1-2H3;3-7H,2H2,1H3. The normalized spacial score (nSPS) is 58.6. The van der Waals surface area contributed by atoms with E-state index in [-0.39, 0.29) is 155 Å². The molecule has 20 heterocycles. The molecule has 114 heavy (non-hydrogen) atoms. The maximum atomic E-state index is 13.9. The number of ether oxygens (including phenoxy) is 6. The lowest BCUT2D eigenvalue weighted by Crippen LogP contribution is -2.58. The maximum absolute atomic E-state index is 13.9. The topological polar surface area (TPSA) is 402 Å². The monoisotopic (exact) mass is 1790 g/mol. The number of hydrogen-bond acceptors (Lipinski definition) is 30. The minimum absolute atomic E-state index is 0.0600. The van der Waals surface area contributed by atoms with Gasteiger partial charge in [0.1, 0.15) is 103 Å². The van der Waals surface area contributed by atoms with Crippen molar-refractivity contribution >= 4 is 80.9 Å². The molecule has 4 aliphatic carbocycles. The molecule has 20 aliphatic heterocycles. The molecule has 0 amide bonds. The van der Waals surface area contributed by atoms with Crippen molar-refractivity contribution in [1.29, 1.82) is 0 Å². The Morgan fingerprint density at radius 1 is 0.368 bits per heavy atom. The van der Waals surface area contributed by atoms with E-state index in [9.17, 15) is 93.7 Å². The van der Waals surface area contributed by atoms with Crippen LogP contribution in [-0.4, -0.2) is 240 Å². The highest BCUT2D eigenvalue weighted by Crippen LogP contribution is 2.85. The number of fused-ring (bicyclic) bond motifs is 8. The van der Waals surface area contributed by atoms with Crippen LogP contribution in [0.1, 0.15) is 182 Å². The highest BCUT2D eigenvalue weighted by Gasteiger charge is 2.93. The Bertz CT molecular complexity index is 5050. The van der Waals surface area contributed by atoms with Crippen molar-refractivity contribution < 1.29 is 156 Å². The molecule has 30 nitrogen and oxygen atoms in total. The molecule has 39 atom stereocenters. The first-order valence-electron chi connectivity index (χ1n) is 39.1. The van der Waals surface area contributed by atoms with Gasteiger partial charge < -0.3 is 28.4 Å². The van der Waals surface area contributed by atoms with Gasteiger partial charge in [0.05, 0.1) is 58.0 Å². The number of rotatable bonds is 0.